The Morgan fingerprint density at radius 1 is 0.952 bits per heavy atom. The van der Waals surface area contributed by atoms with Crippen molar-refractivity contribution in [3.63, 3.8) is 0 Å². The largest absolute Gasteiger partial charge is 0.508 e. The lowest BCUT2D eigenvalue weighted by Gasteiger charge is -2.04. The number of benzene rings is 2. The minimum Gasteiger partial charge on any atom is -0.508 e. The van der Waals surface area contributed by atoms with Crippen molar-refractivity contribution in [2.75, 3.05) is 0 Å². The summed E-state index contributed by atoms with van der Waals surface area (Å²) in [5.41, 5.74) is 2.43. The number of aromatic nitrogens is 2. The maximum absolute atomic E-state index is 10.4. The third-order valence-electron chi connectivity index (χ3n) is 3.27. The predicted molar refractivity (Wildman–Crippen MR) is 83.5 cm³/mol. The van der Waals surface area contributed by atoms with Crippen LogP contribution >= 0.6 is 12.2 Å². The van der Waals surface area contributed by atoms with Crippen LogP contribution < -0.4 is 0 Å². The van der Waals surface area contributed by atoms with Gasteiger partial charge in [0.05, 0.1) is 11.4 Å². The van der Waals surface area contributed by atoms with Gasteiger partial charge in [0.15, 0.2) is 4.77 Å². The molecular formula is C16H14N2O2S. The number of phenolic OH excluding ortho intramolecular Hbond substituents is 1. The number of rotatable bonds is 3. The number of nitrogens with zero attached hydrogens (tertiary/aromatic N) is 1. The number of H-pyrrole nitrogens is 1. The summed E-state index contributed by atoms with van der Waals surface area (Å²) in [6.45, 7) is 0. The molecule has 4 nitrogen and oxygen atoms in total. The van der Waals surface area contributed by atoms with Crippen molar-refractivity contribution in [2.45, 2.75) is 6.42 Å². The molecule has 0 atom stereocenters. The van der Waals surface area contributed by atoms with Gasteiger partial charge in [-0.3, -0.25) is 4.57 Å². The highest BCUT2D eigenvalue weighted by atomic mass is 32.1. The molecule has 0 aliphatic heterocycles. The molecular weight excluding hydrogens is 284 g/mol. The fourth-order valence-corrected chi connectivity index (χ4v) is 2.54. The van der Waals surface area contributed by atoms with E-state index in [-0.39, 0.29) is 11.6 Å². The van der Waals surface area contributed by atoms with Gasteiger partial charge in [-0.25, -0.2) is 0 Å². The molecule has 3 N–H and O–H groups in total. The van der Waals surface area contributed by atoms with Crippen LogP contribution in [0.3, 0.4) is 0 Å². The van der Waals surface area contributed by atoms with Gasteiger partial charge in [-0.2, -0.15) is 0 Å². The van der Waals surface area contributed by atoms with Crippen molar-refractivity contribution in [3.8, 4) is 17.3 Å². The lowest BCUT2D eigenvalue weighted by atomic mass is 10.1. The van der Waals surface area contributed by atoms with Gasteiger partial charge in [0.25, 0.3) is 0 Å². The van der Waals surface area contributed by atoms with Crippen molar-refractivity contribution < 1.29 is 10.2 Å². The highest BCUT2D eigenvalue weighted by Gasteiger charge is 2.12. The predicted octanol–water partition coefficient (Wildman–Crippen LogP) is 3.54. The molecule has 5 heteroatoms. The van der Waals surface area contributed by atoms with Gasteiger partial charge >= 0.3 is 0 Å². The van der Waals surface area contributed by atoms with E-state index in [1.807, 2.05) is 42.5 Å². The molecule has 0 saturated heterocycles. The van der Waals surface area contributed by atoms with Crippen LogP contribution in [0.25, 0.3) is 5.69 Å². The van der Waals surface area contributed by atoms with Gasteiger partial charge in [-0.1, -0.05) is 30.3 Å². The highest BCUT2D eigenvalue weighted by molar-refractivity contribution is 7.71. The number of imidazole rings is 1. The summed E-state index contributed by atoms with van der Waals surface area (Å²) in [5.74, 6) is 0.331. The molecule has 0 amide bonds. The zero-order valence-electron chi connectivity index (χ0n) is 11.2. The Labute approximate surface area is 126 Å². The Morgan fingerprint density at radius 2 is 1.62 bits per heavy atom. The standard InChI is InChI=1S/C16H14N2O2S/c19-13-8-6-11(7-9-13)10-14-15(20)18(16(21)17-14)12-4-2-1-3-5-12/h1-9,19-20H,10H2,(H,17,21). The molecule has 0 fully saturated rings. The SMILES string of the molecule is Oc1ccc(Cc2[nH]c(=S)n(-c3ccccc3)c2O)cc1. The summed E-state index contributed by atoms with van der Waals surface area (Å²) in [4.78, 5) is 3.04. The van der Waals surface area contributed by atoms with Crippen LogP contribution in [0.1, 0.15) is 11.3 Å². The molecule has 0 aliphatic carbocycles. The van der Waals surface area contributed by atoms with Crippen LogP contribution in [0.5, 0.6) is 11.6 Å². The number of aromatic amines is 1. The molecule has 106 valence electrons. The highest BCUT2D eigenvalue weighted by Crippen LogP contribution is 2.25. The van der Waals surface area contributed by atoms with Crippen LogP contribution in [-0.4, -0.2) is 19.8 Å². The summed E-state index contributed by atoms with van der Waals surface area (Å²) in [5, 5.41) is 19.7. The van der Waals surface area contributed by atoms with Crippen molar-refractivity contribution in [3.05, 3.63) is 70.6 Å². The first-order valence-corrected chi connectivity index (χ1v) is 6.92. The van der Waals surface area contributed by atoms with Crippen molar-refractivity contribution in [1.29, 1.82) is 0 Å². The molecule has 21 heavy (non-hydrogen) atoms. The molecule has 0 unspecified atom stereocenters. The Hall–Kier alpha value is -2.53. The molecule has 0 bridgehead atoms. The first kappa shape index (κ1) is 13.5. The molecule has 3 rings (SSSR count). The second-order valence-electron chi connectivity index (χ2n) is 4.75. The molecule has 0 radical (unpaired) electrons. The summed E-state index contributed by atoms with van der Waals surface area (Å²) < 4.78 is 2.05. The van der Waals surface area contributed by atoms with Crippen LogP contribution in [0.15, 0.2) is 54.6 Å². The van der Waals surface area contributed by atoms with Gasteiger partial charge in [0.1, 0.15) is 5.75 Å². The van der Waals surface area contributed by atoms with Crippen LogP contribution in [-0.2, 0) is 6.42 Å². The van der Waals surface area contributed by atoms with Crippen molar-refractivity contribution >= 4 is 12.2 Å². The lowest BCUT2D eigenvalue weighted by Crippen LogP contribution is -1.93. The topological polar surface area (TPSA) is 61.2 Å². The molecule has 0 spiro atoms. The molecule has 0 saturated carbocycles. The summed E-state index contributed by atoms with van der Waals surface area (Å²) in [7, 11) is 0. The van der Waals surface area contributed by atoms with Gasteiger partial charge in [-0.05, 0) is 42.0 Å². The van der Waals surface area contributed by atoms with Gasteiger partial charge in [0.2, 0.25) is 5.88 Å². The smallest absolute Gasteiger partial charge is 0.218 e. The average Bonchev–Trinajstić information content (AvgIpc) is 2.77. The first-order chi connectivity index (χ1) is 10.1. The van der Waals surface area contributed by atoms with E-state index in [0.717, 1.165) is 11.3 Å². The Morgan fingerprint density at radius 3 is 2.29 bits per heavy atom. The first-order valence-electron chi connectivity index (χ1n) is 6.51. The zero-order valence-corrected chi connectivity index (χ0v) is 12.0. The van der Waals surface area contributed by atoms with E-state index in [2.05, 4.69) is 4.98 Å². The number of nitrogens with one attached hydrogen (secondary N) is 1. The fourth-order valence-electron chi connectivity index (χ4n) is 2.23. The van der Waals surface area contributed by atoms with Gasteiger partial charge < -0.3 is 15.2 Å². The van der Waals surface area contributed by atoms with E-state index in [0.29, 0.717) is 16.9 Å². The van der Waals surface area contributed by atoms with E-state index in [1.54, 1.807) is 16.7 Å². The van der Waals surface area contributed by atoms with Crippen molar-refractivity contribution in [2.24, 2.45) is 0 Å². The molecule has 1 aromatic heterocycles. The number of para-hydroxylation sites is 1. The lowest BCUT2D eigenvalue weighted by molar-refractivity contribution is 0.436. The molecule has 2 aromatic carbocycles. The van der Waals surface area contributed by atoms with E-state index < -0.39 is 0 Å². The summed E-state index contributed by atoms with van der Waals surface area (Å²) >= 11 is 5.29. The van der Waals surface area contributed by atoms with Gasteiger partial charge in [-0.15, -0.1) is 0 Å². The normalized spacial score (nSPS) is 10.7. The zero-order chi connectivity index (χ0) is 14.8. The van der Waals surface area contributed by atoms with E-state index >= 15 is 0 Å². The number of aromatic hydroxyl groups is 2. The average molecular weight is 298 g/mol. The van der Waals surface area contributed by atoms with E-state index in [1.165, 1.54) is 0 Å². The maximum atomic E-state index is 10.4. The second-order valence-corrected chi connectivity index (χ2v) is 5.13. The Kier molecular flexibility index (Phi) is 3.50. The molecule has 1 heterocycles. The van der Waals surface area contributed by atoms with E-state index in [9.17, 15) is 10.2 Å². The second kappa shape index (κ2) is 5.46. The third kappa shape index (κ3) is 2.68. The Balaban J connectivity index is 1.98. The quantitative estimate of drug-likeness (QED) is 0.648. The van der Waals surface area contributed by atoms with Crippen LogP contribution in [0.2, 0.25) is 0 Å². The molecule has 0 aliphatic rings. The Bertz CT molecular complexity index is 805. The number of phenols is 1. The minimum absolute atomic E-state index is 0.110. The van der Waals surface area contributed by atoms with E-state index in [4.69, 9.17) is 12.2 Å². The number of hydrogen-bond donors (Lipinski definition) is 3. The van der Waals surface area contributed by atoms with Gasteiger partial charge in [0, 0.05) is 6.42 Å². The van der Waals surface area contributed by atoms with Crippen LogP contribution in [0, 0.1) is 4.77 Å². The minimum atomic E-state index is 0.110. The maximum Gasteiger partial charge on any atom is 0.218 e. The third-order valence-corrected chi connectivity index (χ3v) is 3.56. The number of hydrogen-bond acceptors (Lipinski definition) is 3. The van der Waals surface area contributed by atoms with Crippen LogP contribution in [0.4, 0.5) is 0 Å². The van der Waals surface area contributed by atoms with Crippen molar-refractivity contribution in [1.82, 2.24) is 9.55 Å². The summed E-state index contributed by atoms with van der Waals surface area (Å²) in [6.07, 6.45) is 0.510. The molecule has 3 aromatic rings. The summed E-state index contributed by atoms with van der Waals surface area (Å²) in [6, 6.07) is 16.3. The monoisotopic (exact) mass is 298 g/mol. The fraction of sp³-hybridized carbons (Fsp3) is 0.0625.